The minimum Gasteiger partial charge on any atom is -0.363 e. The van der Waals surface area contributed by atoms with E-state index >= 15 is 0 Å². The van der Waals surface area contributed by atoms with Crippen molar-refractivity contribution in [2.75, 3.05) is 11.4 Å². The molecule has 146 valence electrons. The normalized spacial score (nSPS) is 30.8. The summed E-state index contributed by atoms with van der Waals surface area (Å²) in [5.74, 6) is 1.65. The van der Waals surface area contributed by atoms with Crippen molar-refractivity contribution in [3.05, 3.63) is 92.5 Å². The summed E-state index contributed by atoms with van der Waals surface area (Å²) in [7, 11) is 0. The molecular weight excluding hydrogens is 384 g/mol. The lowest BCUT2D eigenvalue weighted by Gasteiger charge is -2.51. The van der Waals surface area contributed by atoms with E-state index in [2.05, 4.69) is 47.4 Å². The van der Waals surface area contributed by atoms with Gasteiger partial charge in [-0.25, -0.2) is 0 Å². The molecule has 2 heterocycles. The van der Waals surface area contributed by atoms with E-state index in [1.807, 2.05) is 6.07 Å². The lowest BCUT2D eigenvalue weighted by Crippen LogP contribution is -2.46. The molecule has 2 aromatic carbocycles. The van der Waals surface area contributed by atoms with Crippen LogP contribution >= 0.6 is 11.6 Å². The van der Waals surface area contributed by atoms with Gasteiger partial charge >= 0.3 is 0 Å². The van der Waals surface area contributed by atoms with Crippen molar-refractivity contribution >= 4 is 23.0 Å². The van der Waals surface area contributed by atoms with Crippen molar-refractivity contribution in [2.24, 2.45) is 11.8 Å². The van der Waals surface area contributed by atoms with Gasteiger partial charge in [-0.3, -0.25) is 10.1 Å². The van der Waals surface area contributed by atoms with Crippen molar-refractivity contribution in [1.82, 2.24) is 0 Å². The Balaban J connectivity index is 1.57. The van der Waals surface area contributed by atoms with Crippen LogP contribution in [0.25, 0.3) is 0 Å². The molecule has 6 rings (SSSR count). The molecule has 29 heavy (non-hydrogen) atoms. The Morgan fingerprint density at radius 1 is 1.03 bits per heavy atom. The number of nitro benzene ring substituents is 1. The summed E-state index contributed by atoms with van der Waals surface area (Å²) in [6.07, 6.45) is 11.3. The van der Waals surface area contributed by atoms with E-state index in [9.17, 15) is 10.1 Å². The van der Waals surface area contributed by atoms with Crippen LogP contribution in [0.2, 0.25) is 5.02 Å². The van der Waals surface area contributed by atoms with Gasteiger partial charge in [-0.15, -0.1) is 0 Å². The fourth-order valence-electron chi connectivity index (χ4n) is 6.14. The average Bonchev–Trinajstić information content (AvgIpc) is 3.37. The molecule has 0 N–H and O–H groups in total. The fraction of sp³-hybridized carbons (Fsp3) is 0.333. The number of non-ortho nitro benzene ring substituents is 1. The van der Waals surface area contributed by atoms with E-state index in [1.165, 1.54) is 16.8 Å². The zero-order chi connectivity index (χ0) is 19.7. The highest BCUT2D eigenvalue weighted by Gasteiger charge is 2.47. The zero-order valence-corrected chi connectivity index (χ0v) is 16.6. The van der Waals surface area contributed by atoms with Gasteiger partial charge in [0.05, 0.1) is 11.0 Å². The van der Waals surface area contributed by atoms with E-state index in [-0.39, 0.29) is 16.7 Å². The highest BCUT2D eigenvalue weighted by Crippen LogP contribution is 2.59. The largest absolute Gasteiger partial charge is 0.363 e. The molecule has 2 aliphatic carbocycles. The van der Waals surface area contributed by atoms with Crippen molar-refractivity contribution in [3.63, 3.8) is 0 Å². The molecule has 4 nitrogen and oxygen atoms in total. The molecule has 5 atom stereocenters. The minimum atomic E-state index is -0.289. The summed E-state index contributed by atoms with van der Waals surface area (Å²) in [4.78, 5) is 13.7. The number of nitro groups is 1. The number of fused-ring (bicyclic) bond motifs is 4. The summed E-state index contributed by atoms with van der Waals surface area (Å²) in [6.45, 7) is 0.982. The molecule has 5 heteroatoms. The van der Waals surface area contributed by atoms with Crippen molar-refractivity contribution in [3.8, 4) is 0 Å². The predicted octanol–water partition coefficient (Wildman–Crippen LogP) is 6.14. The Bertz CT molecular complexity index is 1080. The van der Waals surface area contributed by atoms with Gasteiger partial charge in [-0.05, 0) is 53.5 Å². The molecule has 2 aliphatic heterocycles. The zero-order valence-electron chi connectivity index (χ0n) is 15.9. The first-order chi connectivity index (χ1) is 14.1. The van der Waals surface area contributed by atoms with Crippen LogP contribution < -0.4 is 4.90 Å². The summed E-state index contributed by atoms with van der Waals surface area (Å²) in [6, 6.07) is 11.7. The summed E-state index contributed by atoms with van der Waals surface area (Å²) >= 11 is 6.58. The molecule has 0 saturated heterocycles. The molecule has 0 radical (unpaired) electrons. The van der Waals surface area contributed by atoms with E-state index in [4.69, 9.17) is 11.6 Å². The van der Waals surface area contributed by atoms with Crippen LogP contribution in [-0.4, -0.2) is 11.5 Å². The van der Waals surface area contributed by atoms with Gasteiger partial charge in [0.1, 0.15) is 0 Å². The minimum absolute atomic E-state index is 0.142. The van der Waals surface area contributed by atoms with Gasteiger partial charge < -0.3 is 4.90 Å². The molecular formula is C24H21ClN2O2. The standard InChI is InChI=1S/C24H21ClN2O2/c25-16-11-21-18-7-2-5-15(18)13-26-23(14-4-1-6-17(10-14)27(28)29)20-9-3-8-19(20)22(12-16)24(21)26/h1-4,6-8,10-12,15,18-20,23H,5,9,13H2/t15-,18+,19+,20+,23+/m1/s1. The second kappa shape index (κ2) is 6.20. The molecule has 0 spiro atoms. The third-order valence-electron chi connectivity index (χ3n) is 7.24. The lowest BCUT2D eigenvalue weighted by molar-refractivity contribution is -0.384. The van der Waals surface area contributed by atoms with Crippen LogP contribution in [-0.2, 0) is 0 Å². The Morgan fingerprint density at radius 3 is 2.62 bits per heavy atom. The maximum absolute atomic E-state index is 11.4. The monoisotopic (exact) mass is 404 g/mol. The molecule has 4 aliphatic rings. The Morgan fingerprint density at radius 2 is 1.79 bits per heavy atom. The van der Waals surface area contributed by atoms with Gasteiger partial charge in [0.15, 0.2) is 0 Å². The first-order valence-corrected chi connectivity index (χ1v) is 10.7. The molecule has 2 aromatic rings. The number of hydrogen-bond acceptors (Lipinski definition) is 3. The first-order valence-electron chi connectivity index (χ1n) is 10.3. The highest BCUT2D eigenvalue weighted by molar-refractivity contribution is 6.30. The first kappa shape index (κ1) is 17.3. The topological polar surface area (TPSA) is 46.4 Å². The Kier molecular flexibility index (Phi) is 3.70. The summed E-state index contributed by atoms with van der Waals surface area (Å²) in [5.41, 5.74) is 5.18. The number of nitrogens with zero attached hydrogens (tertiary/aromatic N) is 2. The second-order valence-electron chi connectivity index (χ2n) is 8.69. The molecule has 0 fully saturated rings. The van der Waals surface area contributed by atoms with Crippen LogP contribution in [0, 0.1) is 22.0 Å². The Hall–Kier alpha value is -2.59. The molecule has 0 saturated carbocycles. The molecule has 0 unspecified atom stereocenters. The number of rotatable bonds is 2. The van der Waals surface area contributed by atoms with Gasteiger partial charge in [-0.1, -0.05) is 48.0 Å². The Labute approximate surface area is 174 Å². The third kappa shape index (κ3) is 2.45. The van der Waals surface area contributed by atoms with Crippen molar-refractivity contribution in [2.45, 2.75) is 30.7 Å². The number of benzene rings is 2. The van der Waals surface area contributed by atoms with Crippen LogP contribution in [0.4, 0.5) is 11.4 Å². The third-order valence-corrected chi connectivity index (χ3v) is 7.46. The summed E-state index contributed by atoms with van der Waals surface area (Å²) in [5, 5.41) is 12.2. The SMILES string of the molecule is O=[N+]([O-])c1cccc([C@H]2[C@H]3CC=C[C@@H]3c3cc(Cl)cc4c3N2C[C@H]2CC=C[C@H]42)c1. The lowest BCUT2D eigenvalue weighted by atomic mass is 9.70. The highest BCUT2D eigenvalue weighted by atomic mass is 35.5. The molecule has 0 amide bonds. The quantitative estimate of drug-likeness (QED) is 0.343. The predicted molar refractivity (Wildman–Crippen MR) is 115 cm³/mol. The van der Waals surface area contributed by atoms with Crippen LogP contribution in [0.1, 0.15) is 47.4 Å². The fourth-order valence-corrected chi connectivity index (χ4v) is 6.37. The molecule has 0 bridgehead atoms. The number of anilines is 1. The van der Waals surface area contributed by atoms with Crippen LogP contribution in [0.15, 0.2) is 60.7 Å². The van der Waals surface area contributed by atoms with Gasteiger partial charge in [0.2, 0.25) is 0 Å². The van der Waals surface area contributed by atoms with E-state index in [1.54, 1.807) is 12.1 Å². The van der Waals surface area contributed by atoms with Crippen molar-refractivity contribution in [1.29, 1.82) is 0 Å². The number of hydrogen-bond donors (Lipinski definition) is 0. The van der Waals surface area contributed by atoms with Crippen LogP contribution in [0.5, 0.6) is 0 Å². The maximum Gasteiger partial charge on any atom is 0.269 e. The van der Waals surface area contributed by atoms with E-state index in [0.717, 1.165) is 30.0 Å². The van der Waals surface area contributed by atoms with Gasteiger partial charge in [0.25, 0.3) is 5.69 Å². The van der Waals surface area contributed by atoms with Crippen molar-refractivity contribution < 1.29 is 4.92 Å². The number of allylic oxidation sites excluding steroid dienone is 4. The maximum atomic E-state index is 11.4. The van der Waals surface area contributed by atoms with E-state index in [0.29, 0.717) is 23.7 Å². The summed E-state index contributed by atoms with van der Waals surface area (Å²) < 4.78 is 0. The van der Waals surface area contributed by atoms with Gasteiger partial charge in [-0.2, -0.15) is 0 Å². The number of halogens is 1. The van der Waals surface area contributed by atoms with E-state index < -0.39 is 0 Å². The molecule has 0 aromatic heterocycles. The smallest absolute Gasteiger partial charge is 0.269 e. The second-order valence-corrected chi connectivity index (χ2v) is 9.12. The van der Waals surface area contributed by atoms with Gasteiger partial charge in [0, 0.05) is 41.2 Å². The average molecular weight is 405 g/mol. The van der Waals surface area contributed by atoms with Crippen LogP contribution in [0.3, 0.4) is 0 Å².